The molecule has 0 saturated carbocycles. The number of nitrogens with zero attached hydrogens (tertiary/aromatic N) is 1. The van der Waals surface area contributed by atoms with E-state index in [1.54, 1.807) is 0 Å². The monoisotopic (exact) mass is 281 g/mol. The molecule has 0 aromatic heterocycles. The first-order valence-corrected chi connectivity index (χ1v) is 6.93. The van der Waals surface area contributed by atoms with Gasteiger partial charge in [-0.3, -0.25) is 0 Å². The van der Waals surface area contributed by atoms with Gasteiger partial charge in [-0.2, -0.15) is 5.26 Å². The second kappa shape index (κ2) is 6.18. The Labute approximate surface area is 122 Å². The first-order chi connectivity index (χ1) is 9.63. The molecule has 4 heteroatoms. The summed E-state index contributed by atoms with van der Waals surface area (Å²) in [5, 5.41) is 9.85. The van der Waals surface area contributed by atoms with Crippen LogP contribution in [0.3, 0.4) is 0 Å². The highest BCUT2D eigenvalue weighted by Crippen LogP contribution is 2.33. The van der Waals surface area contributed by atoms with Crippen molar-refractivity contribution in [1.82, 2.24) is 0 Å². The van der Waals surface area contributed by atoms with Gasteiger partial charge in [-0.15, -0.1) is 0 Å². The summed E-state index contributed by atoms with van der Waals surface area (Å²) in [6.07, 6.45) is 0. The summed E-state index contributed by atoms with van der Waals surface area (Å²) in [5.74, 6) is 0. The second-order valence-corrected chi connectivity index (χ2v) is 5.39. The molecule has 2 aromatic carbocycles. The minimum atomic E-state index is 0.458. The fourth-order valence-corrected chi connectivity index (χ4v) is 2.67. The Kier molecular flexibility index (Phi) is 4.34. The fraction of sp³-hybridized carbons (Fsp3) is 0.0625. The predicted molar refractivity (Wildman–Crippen MR) is 84.6 cm³/mol. The van der Waals surface area contributed by atoms with Crippen LogP contribution in [-0.4, -0.2) is 0 Å². The zero-order valence-corrected chi connectivity index (χ0v) is 11.9. The second-order valence-electron chi connectivity index (χ2n) is 4.31. The van der Waals surface area contributed by atoms with Crippen LogP contribution in [0.2, 0.25) is 0 Å². The molecular weight excluding hydrogens is 266 g/mol. The van der Waals surface area contributed by atoms with E-state index < -0.39 is 0 Å². The number of nitrogens with two attached hydrogens (primary N) is 2. The largest absolute Gasteiger partial charge is 0.398 e. The normalized spacial score (nSPS) is 11.6. The van der Waals surface area contributed by atoms with Crippen molar-refractivity contribution in [2.75, 3.05) is 5.73 Å². The van der Waals surface area contributed by atoms with Crippen LogP contribution in [0.4, 0.5) is 5.69 Å². The molecule has 0 aliphatic heterocycles. The van der Waals surface area contributed by atoms with Crippen molar-refractivity contribution in [3.05, 3.63) is 64.7 Å². The number of allylic oxidation sites excluding steroid dienone is 1. The first-order valence-electron chi connectivity index (χ1n) is 6.11. The van der Waals surface area contributed by atoms with Gasteiger partial charge in [0.05, 0.1) is 10.6 Å². The maximum atomic E-state index is 9.39. The molecule has 0 amide bonds. The van der Waals surface area contributed by atoms with Crippen LogP contribution in [-0.2, 0) is 0 Å². The molecule has 0 aliphatic rings. The zero-order valence-electron chi connectivity index (χ0n) is 11.1. The lowest BCUT2D eigenvalue weighted by Crippen LogP contribution is -2.00. The zero-order chi connectivity index (χ0) is 14.5. The molecule has 0 saturated heterocycles. The third kappa shape index (κ3) is 2.95. The third-order valence-electron chi connectivity index (χ3n) is 2.91. The number of hydrogen-bond acceptors (Lipinski definition) is 4. The van der Waals surface area contributed by atoms with E-state index in [0.717, 1.165) is 16.0 Å². The lowest BCUT2D eigenvalue weighted by Gasteiger charge is -2.09. The Bertz CT molecular complexity index is 699. The maximum absolute atomic E-state index is 9.39. The van der Waals surface area contributed by atoms with Gasteiger partial charge < -0.3 is 11.5 Å². The van der Waals surface area contributed by atoms with Crippen LogP contribution >= 0.6 is 11.8 Å². The smallest absolute Gasteiger partial charge is 0.103 e. The van der Waals surface area contributed by atoms with Gasteiger partial charge in [0.2, 0.25) is 0 Å². The number of rotatable bonds is 3. The van der Waals surface area contributed by atoms with Crippen molar-refractivity contribution in [1.29, 1.82) is 5.26 Å². The number of anilines is 1. The quantitative estimate of drug-likeness (QED) is 0.513. The Balaban J connectivity index is 2.42. The molecule has 0 heterocycles. The summed E-state index contributed by atoms with van der Waals surface area (Å²) < 4.78 is 0. The van der Waals surface area contributed by atoms with Gasteiger partial charge >= 0.3 is 0 Å². The highest BCUT2D eigenvalue weighted by molar-refractivity contribution is 8.03. The van der Waals surface area contributed by atoms with E-state index in [-0.39, 0.29) is 0 Å². The van der Waals surface area contributed by atoms with E-state index in [1.807, 2.05) is 55.5 Å². The topological polar surface area (TPSA) is 75.8 Å². The van der Waals surface area contributed by atoms with Crippen molar-refractivity contribution < 1.29 is 0 Å². The van der Waals surface area contributed by atoms with Gasteiger partial charge in [-0.1, -0.05) is 48.2 Å². The number of thioether (sulfide) groups is 1. The van der Waals surface area contributed by atoms with Gasteiger partial charge in [-0.05, 0) is 30.2 Å². The molecule has 2 rings (SSSR count). The van der Waals surface area contributed by atoms with Gasteiger partial charge in [0.15, 0.2) is 0 Å². The summed E-state index contributed by atoms with van der Waals surface area (Å²) >= 11 is 1.32. The molecule has 20 heavy (non-hydrogen) atoms. The van der Waals surface area contributed by atoms with Gasteiger partial charge in [0, 0.05) is 10.6 Å². The summed E-state index contributed by atoms with van der Waals surface area (Å²) in [4.78, 5) is 0.853. The summed E-state index contributed by atoms with van der Waals surface area (Å²) in [6.45, 7) is 1.96. The molecular formula is C16H15N3S. The van der Waals surface area contributed by atoms with E-state index in [2.05, 4.69) is 6.07 Å². The fourth-order valence-electron chi connectivity index (χ4n) is 1.84. The Hall–Kier alpha value is -2.38. The van der Waals surface area contributed by atoms with Crippen LogP contribution in [0, 0.1) is 18.3 Å². The third-order valence-corrected chi connectivity index (χ3v) is 3.93. The lowest BCUT2D eigenvalue weighted by atomic mass is 10.0. The Morgan fingerprint density at radius 1 is 1.10 bits per heavy atom. The van der Waals surface area contributed by atoms with Crippen LogP contribution in [0.25, 0.3) is 5.57 Å². The molecule has 0 unspecified atom stereocenters. The van der Waals surface area contributed by atoms with Gasteiger partial charge in [-0.25, -0.2) is 0 Å². The van der Waals surface area contributed by atoms with Crippen LogP contribution in [0.5, 0.6) is 0 Å². The van der Waals surface area contributed by atoms with E-state index in [0.29, 0.717) is 16.3 Å². The van der Waals surface area contributed by atoms with Crippen molar-refractivity contribution in [2.45, 2.75) is 11.8 Å². The number of nitrogen functional groups attached to an aromatic ring is 1. The van der Waals surface area contributed by atoms with Crippen molar-refractivity contribution in [2.24, 2.45) is 5.73 Å². The lowest BCUT2D eigenvalue weighted by molar-refractivity contribution is 1.39. The first kappa shape index (κ1) is 14.0. The number of aryl methyl sites for hydroxylation is 1. The molecule has 0 bridgehead atoms. The highest BCUT2D eigenvalue weighted by atomic mass is 32.2. The van der Waals surface area contributed by atoms with Gasteiger partial charge in [0.25, 0.3) is 0 Å². The van der Waals surface area contributed by atoms with Crippen LogP contribution in [0.1, 0.15) is 11.1 Å². The number of hydrogen-bond donors (Lipinski definition) is 2. The van der Waals surface area contributed by atoms with E-state index in [9.17, 15) is 5.26 Å². The molecule has 2 aromatic rings. The molecule has 4 N–H and O–H groups in total. The van der Waals surface area contributed by atoms with E-state index in [1.165, 1.54) is 11.8 Å². The summed E-state index contributed by atoms with van der Waals surface area (Å²) in [7, 11) is 0. The van der Waals surface area contributed by atoms with E-state index >= 15 is 0 Å². The van der Waals surface area contributed by atoms with Gasteiger partial charge in [0.1, 0.15) is 6.07 Å². The number of benzene rings is 2. The number of nitriles is 1. The highest BCUT2D eigenvalue weighted by Gasteiger charge is 2.11. The number of para-hydroxylation sites is 1. The summed E-state index contributed by atoms with van der Waals surface area (Å²) in [6, 6.07) is 17.3. The van der Waals surface area contributed by atoms with E-state index in [4.69, 9.17) is 11.5 Å². The average molecular weight is 281 g/mol. The standard InChI is InChI=1S/C16H15N3S/c1-11-6-2-3-7-12(11)13(10-17)16(19)20-15-9-5-4-8-14(15)18/h2-9H,18-19H2,1H3/b16-13-. The van der Waals surface area contributed by atoms with Crippen molar-refractivity contribution in [3.63, 3.8) is 0 Å². The Morgan fingerprint density at radius 3 is 2.40 bits per heavy atom. The predicted octanol–water partition coefficient (Wildman–Crippen LogP) is 3.52. The molecule has 100 valence electrons. The molecule has 0 aliphatic carbocycles. The maximum Gasteiger partial charge on any atom is 0.103 e. The molecule has 3 nitrogen and oxygen atoms in total. The molecule has 0 radical (unpaired) electrons. The Morgan fingerprint density at radius 2 is 1.75 bits per heavy atom. The van der Waals surface area contributed by atoms with Crippen molar-refractivity contribution in [3.8, 4) is 6.07 Å². The van der Waals surface area contributed by atoms with Crippen molar-refractivity contribution >= 4 is 23.0 Å². The molecule has 0 atom stereocenters. The molecule has 0 spiro atoms. The average Bonchev–Trinajstić information content (AvgIpc) is 2.44. The molecule has 0 fully saturated rings. The van der Waals surface area contributed by atoms with Crippen LogP contribution < -0.4 is 11.5 Å². The minimum Gasteiger partial charge on any atom is -0.398 e. The summed E-state index contributed by atoms with van der Waals surface area (Å²) in [5.41, 5.74) is 15.0. The SMILES string of the molecule is Cc1ccccc1/C(C#N)=C(/N)Sc1ccccc1N. The minimum absolute atomic E-state index is 0.458. The van der Waals surface area contributed by atoms with Crippen LogP contribution in [0.15, 0.2) is 58.5 Å².